The number of aliphatic hydroxyl groups is 1. The van der Waals surface area contributed by atoms with E-state index in [4.69, 9.17) is 4.42 Å². The summed E-state index contributed by atoms with van der Waals surface area (Å²) in [5.41, 5.74) is 1.64. The monoisotopic (exact) mass is 312 g/mol. The van der Waals surface area contributed by atoms with E-state index in [2.05, 4.69) is 34.9 Å². The molecule has 2 heterocycles. The summed E-state index contributed by atoms with van der Waals surface area (Å²) in [5.74, 6) is 0. The third-order valence-corrected chi connectivity index (χ3v) is 3.76. The zero-order chi connectivity index (χ0) is 13.1. The van der Waals surface area contributed by atoms with Gasteiger partial charge in [0.05, 0.1) is 18.1 Å². The zero-order valence-corrected chi connectivity index (χ0v) is 12.1. The summed E-state index contributed by atoms with van der Waals surface area (Å²) in [5, 5.41) is 14.6. The van der Waals surface area contributed by atoms with Crippen LogP contribution >= 0.6 is 15.9 Å². The molecule has 0 aliphatic rings. The molecule has 0 saturated heterocycles. The predicted molar refractivity (Wildman–Crippen MR) is 72.3 cm³/mol. The Labute approximate surface area is 115 Å². The number of nitrogens with zero attached hydrogens (tertiary/aromatic N) is 2. The van der Waals surface area contributed by atoms with Crippen LogP contribution in [0.2, 0.25) is 0 Å². The molecule has 1 N–H and O–H groups in total. The lowest BCUT2D eigenvalue weighted by molar-refractivity contribution is 0.174. The van der Waals surface area contributed by atoms with Gasteiger partial charge in [0.25, 0.3) is 0 Å². The van der Waals surface area contributed by atoms with Crippen LogP contribution in [-0.4, -0.2) is 14.9 Å². The topological polar surface area (TPSA) is 51.2 Å². The summed E-state index contributed by atoms with van der Waals surface area (Å²) >= 11 is 3.27. The fourth-order valence-electron chi connectivity index (χ4n) is 1.77. The van der Waals surface area contributed by atoms with Gasteiger partial charge in [-0.05, 0) is 41.4 Å². The van der Waals surface area contributed by atoms with Crippen LogP contribution in [0, 0.1) is 0 Å². The lowest BCUT2D eigenvalue weighted by Crippen LogP contribution is -2.06. The maximum atomic E-state index is 10.1. The highest BCUT2D eigenvalue weighted by Gasteiger charge is 2.16. The van der Waals surface area contributed by atoms with E-state index in [0.717, 1.165) is 17.7 Å². The minimum Gasteiger partial charge on any atom is -0.457 e. The Morgan fingerprint density at radius 1 is 1.50 bits per heavy atom. The van der Waals surface area contributed by atoms with Crippen LogP contribution in [0.15, 0.2) is 33.7 Å². The van der Waals surface area contributed by atoms with Gasteiger partial charge in [-0.3, -0.25) is 4.68 Å². The molecule has 5 heteroatoms. The first-order chi connectivity index (χ1) is 8.61. The molecule has 18 heavy (non-hydrogen) atoms. The van der Waals surface area contributed by atoms with E-state index in [-0.39, 0.29) is 0 Å². The van der Waals surface area contributed by atoms with Crippen LogP contribution in [-0.2, 0) is 6.42 Å². The van der Waals surface area contributed by atoms with Gasteiger partial charge in [-0.1, -0.05) is 6.92 Å². The third kappa shape index (κ3) is 2.84. The lowest BCUT2D eigenvalue weighted by Gasteiger charge is -2.09. The number of furan rings is 1. The first-order valence-electron chi connectivity index (χ1n) is 6.06. The van der Waals surface area contributed by atoms with Crippen molar-refractivity contribution in [2.75, 3.05) is 0 Å². The van der Waals surface area contributed by atoms with Gasteiger partial charge in [-0.25, -0.2) is 0 Å². The minimum atomic E-state index is -0.599. The molecule has 0 amide bonds. The second-order valence-electron chi connectivity index (χ2n) is 4.41. The molecule has 2 aromatic heterocycles. The average molecular weight is 313 g/mol. The number of aromatic nitrogens is 2. The molecule has 0 fully saturated rings. The SMILES string of the molecule is CCC(C)n1ccc(CC(O)c2ccoc2Br)n1. The van der Waals surface area contributed by atoms with Crippen LogP contribution < -0.4 is 0 Å². The van der Waals surface area contributed by atoms with Crippen LogP contribution in [0.3, 0.4) is 0 Å². The quantitative estimate of drug-likeness (QED) is 0.919. The van der Waals surface area contributed by atoms with Crippen molar-refractivity contribution in [1.82, 2.24) is 9.78 Å². The van der Waals surface area contributed by atoms with Gasteiger partial charge in [-0.2, -0.15) is 5.10 Å². The first-order valence-corrected chi connectivity index (χ1v) is 6.86. The van der Waals surface area contributed by atoms with E-state index in [0.29, 0.717) is 17.1 Å². The van der Waals surface area contributed by atoms with Gasteiger partial charge in [0.15, 0.2) is 4.67 Å². The molecule has 0 bridgehead atoms. The average Bonchev–Trinajstić information content (AvgIpc) is 2.97. The Bertz CT molecular complexity index is 507. The molecular formula is C13H17BrN2O2. The molecule has 2 aromatic rings. The van der Waals surface area contributed by atoms with Crippen molar-refractivity contribution in [3.8, 4) is 0 Å². The molecule has 4 nitrogen and oxygen atoms in total. The van der Waals surface area contributed by atoms with Crippen molar-refractivity contribution in [2.45, 2.75) is 38.8 Å². The van der Waals surface area contributed by atoms with Gasteiger partial charge in [0, 0.05) is 24.2 Å². The van der Waals surface area contributed by atoms with Crippen molar-refractivity contribution in [3.63, 3.8) is 0 Å². The maximum Gasteiger partial charge on any atom is 0.174 e. The molecule has 0 radical (unpaired) electrons. The summed E-state index contributed by atoms with van der Waals surface area (Å²) in [6.45, 7) is 4.25. The van der Waals surface area contributed by atoms with Crippen LogP contribution in [0.5, 0.6) is 0 Å². The lowest BCUT2D eigenvalue weighted by atomic mass is 10.1. The van der Waals surface area contributed by atoms with Crippen molar-refractivity contribution in [2.24, 2.45) is 0 Å². The summed E-state index contributed by atoms with van der Waals surface area (Å²) in [7, 11) is 0. The molecule has 0 aromatic carbocycles. The Hall–Kier alpha value is -1.07. The van der Waals surface area contributed by atoms with Crippen molar-refractivity contribution in [1.29, 1.82) is 0 Å². The zero-order valence-electron chi connectivity index (χ0n) is 10.5. The van der Waals surface area contributed by atoms with Crippen molar-refractivity contribution in [3.05, 3.63) is 40.5 Å². The number of hydrogen-bond acceptors (Lipinski definition) is 3. The highest BCUT2D eigenvalue weighted by atomic mass is 79.9. The second kappa shape index (κ2) is 5.71. The third-order valence-electron chi connectivity index (χ3n) is 3.11. The summed E-state index contributed by atoms with van der Waals surface area (Å²) in [4.78, 5) is 0. The molecule has 2 unspecified atom stereocenters. The fourth-order valence-corrected chi connectivity index (χ4v) is 2.27. The van der Waals surface area contributed by atoms with Gasteiger partial charge >= 0.3 is 0 Å². The molecule has 0 aliphatic heterocycles. The largest absolute Gasteiger partial charge is 0.457 e. The molecule has 0 aliphatic carbocycles. The Balaban J connectivity index is 2.06. The number of hydrogen-bond donors (Lipinski definition) is 1. The van der Waals surface area contributed by atoms with Gasteiger partial charge in [-0.15, -0.1) is 0 Å². The Morgan fingerprint density at radius 2 is 2.28 bits per heavy atom. The van der Waals surface area contributed by atoms with Gasteiger partial charge < -0.3 is 9.52 Å². The highest BCUT2D eigenvalue weighted by Crippen LogP contribution is 2.26. The predicted octanol–water partition coefficient (Wildman–Crippen LogP) is 3.49. The summed E-state index contributed by atoms with van der Waals surface area (Å²) in [6.07, 6.45) is 4.44. The number of halogens is 1. The van der Waals surface area contributed by atoms with E-state index in [1.807, 2.05) is 16.9 Å². The van der Waals surface area contributed by atoms with Crippen molar-refractivity contribution >= 4 is 15.9 Å². The normalized spacial score (nSPS) is 14.7. The molecule has 98 valence electrons. The fraction of sp³-hybridized carbons (Fsp3) is 0.462. The van der Waals surface area contributed by atoms with Crippen LogP contribution in [0.1, 0.15) is 43.7 Å². The van der Waals surface area contributed by atoms with E-state index in [1.165, 1.54) is 0 Å². The Morgan fingerprint density at radius 3 is 2.89 bits per heavy atom. The second-order valence-corrected chi connectivity index (χ2v) is 5.13. The summed E-state index contributed by atoms with van der Waals surface area (Å²) < 4.78 is 7.63. The molecule has 2 atom stereocenters. The minimum absolute atomic E-state index is 0.386. The molecular weight excluding hydrogens is 296 g/mol. The van der Waals surface area contributed by atoms with Gasteiger partial charge in [0.2, 0.25) is 0 Å². The summed E-state index contributed by atoms with van der Waals surface area (Å²) in [6, 6.07) is 4.10. The number of rotatable bonds is 5. The van der Waals surface area contributed by atoms with Crippen molar-refractivity contribution < 1.29 is 9.52 Å². The number of aliphatic hydroxyl groups excluding tert-OH is 1. The standard InChI is InChI=1S/C13H17BrN2O2/c1-3-9(2)16-6-4-10(15-16)8-12(17)11-5-7-18-13(11)14/h4-7,9,12,17H,3,8H2,1-2H3. The molecule has 0 spiro atoms. The van der Waals surface area contributed by atoms with E-state index in [1.54, 1.807) is 12.3 Å². The van der Waals surface area contributed by atoms with Crippen LogP contribution in [0.25, 0.3) is 0 Å². The van der Waals surface area contributed by atoms with Gasteiger partial charge in [0.1, 0.15) is 0 Å². The highest BCUT2D eigenvalue weighted by molar-refractivity contribution is 9.10. The van der Waals surface area contributed by atoms with E-state index >= 15 is 0 Å². The van der Waals surface area contributed by atoms with Crippen LogP contribution in [0.4, 0.5) is 0 Å². The van der Waals surface area contributed by atoms with E-state index < -0.39 is 6.10 Å². The smallest absolute Gasteiger partial charge is 0.174 e. The maximum absolute atomic E-state index is 10.1. The first kappa shape index (κ1) is 13.4. The Kier molecular flexibility index (Phi) is 4.24. The molecule has 0 saturated carbocycles. The molecule has 2 rings (SSSR count). The van der Waals surface area contributed by atoms with E-state index in [9.17, 15) is 5.11 Å².